The number of hydrogen-bond acceptors (Lipinski definition) is 3. The molecule has 0 aromatic heterocycles. The summed E-state index contributed by atoms with van der Waals surface area (Å²) in [5.41, 5.74) is -0.326. The topological polar surface area (TPSA) is 49.4 Å². The summed E-state index contributed by atoms with van der Waals surface area (Å²) in [6.07, 6.45) is 1.46. The Hall–Kier alpha value is -2.05. The summed E-state index contributed by atoms with van der Waals surface area (Å²) in [7, 11) is 0. The summed E-state index contributed by atoms with van der Waals surface area (Å²) in [6.45, 7) is 0. The summed E-state index contributed by atoms with van der Waals surface area (Å²) in [4.78, 5) is 24.9. The first-order chi connectivity index (χ1) is 9.49. The van der Waals surface area contributed by atoms with Crippen LogP contribution in [-0.4, -0.2) is 28.8 Å². The van der Waals surface area contributed by atoms with Crippen LogP contribution in [0.4, 0.5) is 18.9 Å². The largest absolute Gasteiger partial charge is 0.371 e. The Bertz CT molecular complexity index is 602. The maximum atomic E-state index is 13.5. The van der Waals surface area contributed by atoms with Crippen molar-refractivity contribution in [3.8, 4) is 0 Å². The van der Waals surface area contributed by atoms with E-state index in [1.165, 1.54) is 4.90 Å². The molecule has 1 aliphatic heterocycles. The van der Waals surface area contributed by atoms with Gasteiger partial charge >= 0.3 is 0 Å². The first-order valence-electron chi connectivity index (χ1n) is 6.25. The van der Waals surface area contributed by atoms with Gasteiger partial charge in [-0.25, -0.2) is 13.2 Å². The number of imide groups is 1. The van der Waals surface area contributed by atoms with E-state index in [0.29, 0.717) is 0 Å². The molecule has 1 saturated carbocycles. The zero-order valence-electron chi connectivity index (χ0n) is 10.3. The fourth-order valence-electron chi connectivity index (χ4n) is 2.31. The highest BCUT2D eigenvalue weighted by Gasteiger charge is 2.46. The van der Waals surface area contributed by atoms with Gasteiger partial charge in [-0.2, -0.15) is 0 Å². The standard InChI is InChI=1S/C13H11F3N2O2/c14-7-3-4-8(12(16)11(7)15)17-9-5-10(19)18(13(9)20)6-1-2-6/h3-4,6,9,17H,1-2,5H2. The van der Waals surface area contributed by atoms with Crippen LogP contribution >= 0.6 is 0 Å². The van der Waals surface area contributed by atoms with Gasteiger partial charge in [0.1, 0.15) is 6.04 Å². The fraction of sp³-hybridized carbons (Fsp3) is 0.385. The second kappa shape index (κ2) is 4.50. The molecule has 1 atom stereocenters. The lowest BCUT2D eigenvalue weighted by atomic mass is 10.2. The third kappa shape index (κ3) is 2.03. The normalized spacial score (nSPS) is 22.6. The summed E-state index contributed by atoms with van der Waals surface area (Å²) in [5.74, 6) is -5.07. The molecule has 106 valence electrons. The second-order valence-corrected chi connectivity index (χ2v) is 4.96. The predicted molar refractivity (Wildman–Crippen MR) is 63.2 cm³/mol. The van der Waals surface area contributed by atoms with E-state index in [1.54, 1.807) is 0 Å². The lowest BCUT2D eigenvalue weighted by molar-refractivity contribution is -0.139. The summed E-state index contributed by atoms with van der Waals surface area (Å²) >= 11 is 0. The van der Waals surface area contributed by atoms with Crippen molar-refractivity contribution in [2.24, 2.45) is 0 Å². The SMILES string of the molecule is O=C1CC(Nc2ccc(F)c(F)c2F)C(=O)N1C1CC1. The number of likely N-dealkylation sites (tertiary alicyclic amines) is 1. The Balaban J connectivity index is 1.80. The van der Waals surface area contributed by atoms with Crippen molar-refractivity contribution < 1.29 is 22.8 Å². The van der Waals surface area contributed by atoms with E-state index in [2.05, 4.69) is 5.32 Å². The van der Waals surface area contributed by atoms with Crippen LogP contribution in [0.1, 0.15) is 19.3 Å². The summed E-state index contributed by atoms with van der Waals surface area (Å²) in [6, 6.07) is 0.783. The summed E-state index contributed by atoms with van der Waals surface area (Å²) in [5, 5.41) is 2.48. The van der Waals surface area contributed by atoms with Gasteiger partial charge in [0.05, 0.1) is 12.1 Å². The van der Waals surface area contributed by atoms with Gasteiger partial charge in [0.2, 0.25) is 5.91 Å². The molecule has 3 rings (SSSR count). The van der Waals surface area contributed by atoms with Crippen LogP contribution in [0.15, 0.2) is 12.1 Å². The molecule has 20 heavy (non-hydrogen) atoms. The van der Waals surface area contributed by atoms with E-state index >= 15 is 0 Å². The zero-order valence-corrected chi connectivity index (χ0v) is 10.3. The van der Waals surface area contributed by atoms with Gasteiger partial charge in [0.25, 0.3) is 5.91 Å². The van der Waals surface area contributed by atoms with Gasteiger partial charge < -0.3 is 5.32 Å². The number of benzene rings is 1. The minimum Gasteiger partial charge on any atom is -0.371 e. The molecule has 7 heteroatoms. The smallest absolute Gasteiger partial charge is 0.252 e. The molecule has 2 amide bonds. The average molecular weight is 284 g/mol. The Kier molecular flexibility index (Phi) is 2.92. The molecule has 1 N–H and O–H groups in total. The maximum absolute atomic E-state index is 13.5. The molecule has 1 saturated heterocycles. The van der Waals surface area contributed by atoms with Crippen LogP contribution in [0.3, 0.4) is 0 Å². The highest BCUT2D eigenvalue weighted by atomic mass is 19.2. The second-order valence-electron chi connectivity index (χ2n) is 4.96. The number of halogens is 3. The minimum absolute atomic E-state index is 0.0587. The van der Waals surface area contributed by atoms with Crippen LogP contribution in [-0.2, 0) is 9.59 Å². The third-order valence-electron chi connectivity index (χ3n) is 3.46. The number of carbonyl (C=O) groups is 2. The molecular formula is C13H11F3N2O2. The molecule has 1 aliphatic carbocycles. The van der Waals surface area contributed by atoms with Gasteiger partial charge in [-0.05, 0) is 25.0 Å². The molecule has 1 unspecified atom stereocenters. The monoisotopic (exact) mass is 284 g/mol. The van der Waals surface area contributed by atoms with E-state index in [0.717, 1.165) is 25.0 Å². The van der Waals surface area contributed by atoms with Crippen LogP contribution in [0, 0.1) is 17.5 Å². The minimum atomic E-state index is -1.61. The molecule has 0 bridgehead atoms. The van der Waals surface area contributed by atoms with E-state index < -0.39 is 29.4 Å². The molecule has 1 aromatic carbocycles. The highest BCUT2D eigenvalue weighted by molar-refractivity contribution is 6.07. The van der Waals surface area contributed by atoms with Crippen molar-refractivity contribution in [3.05, 3.63) is 29.6 Å². The first kappa shape index (κ1) is 13.0. The Morgan fingerprint density at radius 2 is 1.80 bits per heavy atom. The number of rotatable bonds is 3. The first-order valence-corrected chi connectivity index (χ1v) is 6.25. The molecule has 4 nitrogen and oxygen atoms in total. The van der Waals surface area contributed by atoms with Gasteiger partial charge in [-0.15, -0.1) is 0 Å². The number of anilines is 1. The average Bonchev–Trinajstić information content (AvgIpc) is 3.19. The third-order valence-corrected chi connectivity index (χ3v) is 3.46. The van der Waals surface area contributed by atoms with Gasteiger partial charge in [-0.3, -0.25) is 14.5 Å². The fourth-order valence-corrected chi connectivity index (χ4v) is 2.31. The van der Waals surface area contributed by atoms with Crippen molar-refractivity contribution in [1.29, 1.82) is 0 Å². The van der Waals surface area contributed by atoms with Gasteiger partial charge in [0.15, 0.2) is 17.5 Å². The maximum Gasteiger partial charge on any atom is 0.252 e. The van der Waals surface area contributed by atoms with Crippen LogP contribution in [0.2, 0.25) is 0 Å². The van der Waals surface area contributed by atoms with Crippen molar-refractivity contribution in [2.45, 2.75) is 31.3 Å². The van der Waals surface area contributed by atoms with Crippen molar-refractivity contribution in [1.82, 2.24) is 4.90 Å². The molecule has 0 spiro atoms. The predicted octanol–water partition coefficient (Wildman–Crippen LogP) is 1.81. The van der Waals surface area contributed by atoms with Crippen LogP contribution in [0.5, 0.6) is 0 Å². The molecule has 2 fully saturated rings. The highest BCUT2D eigenvalue weighted by Crippen LogP contribution is 2.32. The lowest BCUT2D eigenvalue weighted by Gasteiger charge is -2.15. The lowest BCUT2D eigenvalue weighted by Crippen LogP contribution is -2.36. The quantitative estimate of drug-likeness (QED) is 0.680. The van der Waals surface area contributed by atoms with Gasteiger partial charge in [0, 0.05) is 6.04 Å². The molecule has 2 aliphatic rings. The number of nitrogens with one attached hydrogen (secondary N) is 1. The van der Waals surface area contributed by atoms with Gasteiger partial charge in [-0.1, -0.05) is 0 Å². The molecule has 0 radical (unpaired) electrons. The molecular weight excluding hydrogens is 273 g/mol. The Morgan fingerprint density at radius 1 is 1.10 bits per heavy atom. The van der Waals surface area contributed by atoms with E-state index in [-0.39, 0.29) is 24.1 Å². The molecule has 1 aromatic rings. The van der Waals surface area contributed by atoms with Crippen LogP contribution < -0.4 is 5.32 Å². The van der Waals surface area contributed by atoms with E-state index in [1.807, 2.05) is 0 Å². The van der Waals surface area contributed by atoms with Crippen molar-refractivity contribution in [3.63, 3.8) is 0 Å². The van der Waals surface area contributed by atoms with Crippen LogP contribution in [0.25, 0.3) is 0 Å². The van der Waals surface area contributed by atoms with Crippen molar-refractivity contribution in [2.75, 3.05) is 5.32 Å². The Morgan fingerprint density at radius 3 is 2.45 bits per heavy atom. The number of amides is 2. The zero-order chi connectivity index (χ0) is 14.4. The molecule has 1 heterocycles. The van der Waals surface area contributed by atoms with E-state index in [9.17, 15) is 22.8 Å². The number of hydrogen-bond donors (Lipinski definition) is 1. The Labute approximate surface area is 112 Å². The van der Waals surface area contributed by atoms with Crippen molar-refractivity contribution >= 4 is 17.5 Å². The number of carbonyl (C=O) groups excluding carboxylic acids is 2. The van der Waals surface area contributed by atoms with E-state index in [4.69, 9.17) is 0 Å². The summed E-state index contributed by atoms with van der Waals surface area (Å²) < 4.78 is 39.4. The number of nitrogens with zero attached hydrogens (tertiary/aromatic N) is 1.